The summed E-state index contributed by atoms with van der Waals surface area (Å²) in [5, 5.41) is 9.19. The molecule has 2 unspecified atom stereocenters. The predicted molar refractivity (Wildman–Crippen MR) is 82.9 cm³/mol. The van der Waals surface area contributed by atoms with Crippen LogP contribution in [0, 0.1) is 12.8 Å². The number of aryl methyl sites for hydroxylation is 1. The van der Waals surface area contributed by atoms with Gasteiger partial charge < -0.3 is 14.4 Å². The Balaban J connectivity index is 1.87. The molecule has 23 heavy (non-hydrogen) atoms. The first-order valence-electron chi connectivity index (χ1n) is 7.55. The number of carboxylic acids is 1. The molecule has 0 radical (unpaired) electrons. The second-order valence-electron chi connectivity index (χ2n) is 5.76. The highest BCUT2D eigenvalue weighted by molar-refractivity contribution is 5.94. The van der Waals surface area contributed by atoms with Crippen molar-refractivity contribution in [1.29, 1.82) is 0 Å². The number of carbonyl (C=O) groups is 2. The van der Waals surface area contributed by atoms with E-state index in [9.17, 15) is 14.7 Å². The Labute approximate surface area is 133 Å². The number of nitrogens with zero attached hydrogens (tertiary/aromatic N) is 2. The number of benzene rings is 1. The van der Waals surface area contributed by atoms with Crippen molar-refractivity contribution < 1.29 is 19.1 Å². The summed E-state index contributed by atoms with van der Waals surface area (Å²) in [6.07, 6.45) is 0.463. The molecule has 1 fully saturated rings. The molecule has 1 aromatic carbocycles. The first kappa shape index (κ1) is 15.3. The van der Waals surface area contributed by atoms with Crippen molar-refractivity contribution in [2.45, 2.75) is 26.3 Å². The fourth-order valence-electron chi connectivity index (χ4n) is 2.99. The van der Waals surface area contributed by atoms with Crippen molar-refractivity contribution in [3.63, 3.8) is 0 Å². The first-order valence-corrected chi connectivity index (χ1v) is 7.55. The minimum atomic E-state index is -0.866. The summed E-state index contributed by atoms with van der Waals surface area (Å²) in [5.41, 5.74) is 1.05. The highest BCUT2D eigenvalue weighted by atomic mass is 16.4. The highest BCUT2D eigenvalue weighted by Crippen LogP contribution is 2.28. The third kappa shape index (κ3) is 2.72. The SMILES string of the molecule is Cc1oc(-c2ccccc2)nc1C(=O)N1CCC(C(=O)O)C1C. The minimum Gasteiger partial charge on any atom is -0.481 e. The molecule has 6 heteroatoms. The van der Waals surface area contributed by atoms with Gasteiger partial charge in [0.05, 0.1) is 5.92 Å². The van der Waals surface area contributed by atoms with Crippen LogP contribution in [0.15, 0.2) is 34.7 Å². The third-order valence-electron chi connectivity index (χ3n) is 4.35. The molecule has 1 N–H and O–H groups in total. The van der Waals surface area contributed by atoms with E-state index in [4.69, 9.17) is 4.42 Å². The standard InChI is InChI=1S/C17H18N2O4/c1-10-13(17(21)22)8-9-19(10)16(20)14-11(2)23-15(18-14)12-6-4-3-5-7-12/h3-7,10,13H,8-9H2,1-2H3,(H,21,22). The Morgan fingerprint density at radius 2 is 2.00 bits per heavy atom. The molecule has 0 aliphatic carbocycles. The molecule has 120 valence electrons. The van der Waals surface area contributed by atoms with Gasteiger partial charge in [-0.2, -0.15) is 0 Å². The summed E-state index contributed by atoms with van der Waals surface area (Å²) < 4.78 is 5.62. The van der Waals surface area contributed by atoms with Gasteiger partial charge in [0, 0.05) is 18.2 Å². The fourth-order valence-corrected chi connectivity index (χ4v) is 2.99. The average Bonchev–Trinajstić information content (AvgIpc) is 3.11. The van der Waals surface area contributed by atoms with Gasteiger partial charge in [-0.25, -0.2) is 4.98 Å². The number of amides is 1. The van der Waals surface area contributed by atoms with Crippen LogP contribution in [0.3, 0.4) is 0 Å². The maximum atomic E-state index is 12.7. The van der Waals surface area contributed by atoms with Gasteiger partial charge in [0.1, 0.15) is 5.76 Å². The maximum absolute atomic E-state index is 12.7. The van der Waals surface area contributed by atoms with Crippen LogP contribution >= 0.6 is 0 Å². The van der Waals surface area contributed by atoms with E-state index in [1.165, 1.54) is 0 Å². The van der Waals surface area contributed by atoms with Gasteiger partial charge in [0.25, 0.3) is 5.91 Å². The van der Waals surface area contributed by atoms with Crippen molar-refractivity contribution in [3.8, 4) is 11.5 Å². The van der Waals surface area contributed by atoms with Crippen LogP contribution in [-0.4, -0.2) is 39.5 Å². The molecular formula is C17H18N2O4. The monoisotopic (exact) mass is 314 g/mol. The predicted octanol–water partition coefficient (Wildman–Crippen LogP) is 2.59. The lowest BCUT2D eigenvalue weighted by molar-refractivity contribution is -0.142. The lowest BCUT2D eigenvalue weighted by atomic mass is 10.0. The summed E-state index contributed by atoms with van der Waals surface area (Å²) in [6, 6.07) is 9.00. The number of rotatable bonds is 3. The molecule has 0 saturated carbocycles. The quantitative estimate of drug-likeness (QED) is 0.941. The number of likely N-dealkylation sites (tertiary alicyclic amines) is 1. The highest BCUT2D eigenvalue weighted by Gasteiger charge is 2.39. The first-order chi connectivity index (χ1) is 11.0. The molecule has 2 atom stereocenters. The second kappa shape index (κ2) is 5.87. The molecule has 1 aliphatic heterocycles. The molecule has 1 aromatic heterocycles. The lowest BCUT2D eigenvalue weighted by Crippen LogP contribution is -2.38. The molecule has 2 aromatic rings. The number of carboxylic acid groups (broad SMARTS) is 1. The topological polar surface area (TPSA) is 83.6 Å². The smallest absolute Gasteiger partial charge is 0.308 e. The van der Waals surface area contributed by atoms with Crippen LogP contribution in [0.2, 0.25) is 0 Å². The molecular weight excluding hydrogens is 296 g/mol. The van der Waals surface area contributed by atoms with Gasteiger partial charge in [0.15, 0.2) is 5.69 Å². The summed E-state index contributed by atoms with van der Waals surface area (Å²) in [5.74, 6) is -0.827. The van der Waals surface area contributed by atoms with E-state index in [0.29, 0.717) is 24.6 Å². The van der Waals surface area contributed by atoms with E-state index in [0.717, 1.165) is 5.56 Å². The molecule has 1 saturated heterocycles. The van der Waals surface area contributed by atoms with Crippen LogP contribution in [-0.2, 0) is 4.79 Å². The zero-order valence-corrected chi connectivity index (χ0v) is 13.0. The minimum absolute atomic E-state index is 0.252. The van der Waals surface area contributed by atoms with Gasteiger partial charge in [-0.3, -0.25) is 9.59 Å². The molecule has 0 spiro atoms. The number of hydrogen-bond acceptors (Lipinski definition) is 4. The maximum Gasteiger partial charge on any atom is 0.308 e. The van der Waals surface area contributed by atoms with Gasteiger partial charge >= 0.3 is 5.97 Å². The van der Waals surface area contributed by atoms with Crippen molar-refractivity contribution in [2.24, 2.45) is 5.92 Å². The number of aliphatic carboxylic acids is 1. The van der Waals surface area contributed by atoms with Crippen molar-refractivity contribution in [1.82, 2.24) is 9.88 Å². The normalized spacial score (nSPS) is 20.7. The molecule has 0 bridgehead atoms. The molecule has 6 nitrogen and oxygen atoms in total. The van der Waals surface area contributed by atoms with Crippen molar-refractivity contribution in [2.75, 3.05) is 6.54 Å². The van der Waals surface area contributed by atoms with E-state index < -0.39 is 11.9 Å². The van der Waals surface area contributed by atoms with Crippen molar-refractivity contribution >= 4 is 11.9 Å². The third-order valence-corrected chi connectivity index (χ3v) is 4.35. The van der Waals surface area contributed by atoms with Crippen LogP contribution in [0.5, 0.6) is 0 Å². The van der Waals surface area contributed by atoms with E-state index in [-0.39, 0.29) is 17.6 Å². The number of oxazole rings is 1. The number of carbonyl (C=O) groups excluding carboxylic acids is 1. The summed E-state index contributed by atoms with van der Waals surface area (Å²) in [7, 11) is 0. The lowest BCUT2D eigenvalue weighted by Gasteiger charge is -2.22. The molecule has 2 heterocycles. The van der Waals surface area contributed by atoms with Gasteiger partial charge in [0.2, 0.25) is 5.89 Å². The van der Waals surface area contributed by atoms with E-state index >= 15 is 0 Å². The van der Waals surface area contributed by atoms with Crippen LogP contribution < -0.4 is 0 Å². The van der Waals surface area contributed by atoms with Crippen LogP contribution in [0.4, 0.5) is 0 Å². The Morgan fingerprint density at radius 3 is 2.61 bits per heavy atom. The van der Waals surface area contributed by atoms with Crippen molar-refractivity contribution in [3.05, 3.63) is 41.8 Å². The van der Waals surface area contributed by atoms with Crippen LogP contribution in [0.1, 0.15) is 29.6 Å². The van der Waals surface area contributed by atoms with Crippen LogP contribution in [0.25, 0.3) is 11.5 Å². The molecule has 1 aliphatic rings. The largest absolute Gasteiger partial charge is 0.481 e. The van der Waals surface area contributed by atoms with Gasteiger partial charge in [-0.05, 0) is 32.4 Å². The Hall–Kier alpha value is -2.63. The Morgan fingerprint density at radius 1 is 1.30 bits per heavy atom. The Bertz CT molecular complexity index is 738. The zero-order valence-electron chi connectivity index (χ0n) is 13.0. The van der Waals surface area contributed by atoms with Gasteiger partial charge in [-0.15, -0.1) is 0 Å². The second-order valence-corrected chi connectivity index (χ2v) is 5.76. The fraction of sp³-hybridized carbons (Fsp3) is 0.353. The summed E-state index contributed by atoms with van der Waals surface area (Å²) >= 11 is 0. The number of aromatic nitrogens is 1. The van der Waals surface area contributed by atoms with E-state index in [1.807, 2.05) is 30.3 Å². The van der Waals surface area contributed by atoms with E-state index in [1.54, 1.807) is 18.7 Å². The van der Waals surface area contributed by atoms with Gasteiger partial charge in [-0.1, -0.05) is 18.2 Å². The molecule has 3 rings (SSSR count). The number of hydrogen-bond donors (Lipinski definition) is 1. The molecule has 1 amide bonds. The average molecular weight is 314 g/mol. The summed E-state index contributed by atoms with van der Waals surface area (Å²) in [4.78, 5) is 29.8. The summed E-state index contributed by atoms with van der Waals surface area (Å²) in [6.45, 7) is 3.88. The van der Waals surface area contributed by atoms with E-state index in [2.05, 4.69) is 4.98 Å². The zero-order chi connectivity index (χ0) is 16.6. The Kier molecular flexibility index (Phi) is 3.90.